The van der Waals surface area contributed by atoms with Gasteiger partial charge >= 0.3 is 0 Å². The van der Waals surface area contributed by atoms with Crippen LogP contribution in [-0.4, -0.2) is 11.5 Å². The summed E-state index contributed by atoms with van der Waals surface area (Å²) < 4.78 is 0. The van der Waals surface area contributed by atoms with Crippen LogP contribution in [0.5, 0.6) is 0 Å². The smallest absolute Gasteiger partial charge is 0.0975 e. The minimum absolute atomic E-state index is 0.104. The number of benzene rings is 1. The molecule has 0 aliphatic heterocycles. The summed E-state index contributed by atoms with van der Waals surface area (Å²) in [7, 11) is 0. The number of aromatic nitrogens is 1. The van der Waals surface area contributed by atoms with Crippen LogP contribution in [0.3, 0.4) is 0 Å². The molecular weight excluding hydrogens is 276 g/mol. The SMILES string of the molecule is CCNCc1sc(Cc2ccc(C)cc2)nc1C(C)(C)C. The molecule has 0 fully saturated rings. The van der Waals surface area contributed by atoms with Gasteiger partial charge in [0.1, 0.15) is 0 Å². The molecule has 114 valence electrons. The van der Waals surface area contributed by atoms with Crippen LogP contribution < -0.4 is 5.32 Å². The van der Waals surface area contributed by atoms with Crippen molar-refractivity contribution in [2.75, 3.05) is 6.54 Å². The van der Waals surface area contributed by atoms with Gasteiger partial charge in [0.15, 0.2) is 0 Å². The lowest BCUT2D eigenvalue weighted by Crippen LogP contribution is -2.18. The first-order valence-electron chi connectivity index (χ1n) is 7.65. The van der Waals surface area contributed by atoms with Crippen LogP contribution in [0.25, 0.3) is 0 Å². The van der Waals surface area contributed by atoms with E-state index in [9.17, 15) is 0 Å². The maximum Gasteiger partial charge on any atom is 0.0975 e. The largest absolute Gasteiger partial charge is 0.312 e. The van der Waals surface area contributed by atoms with Crippen molar-refractivity contribution in [3.05, 3.63) is 51.0 Å². The molecule has 1 aromatic heterocycles. The fourth-order valence-corrected chi connectivity index (χ4v) is 3.58. The minimum Gasteiger partial charge on any atom is -0.312 e. The van der Waals surface area contributed by atoms with Gasteiger partial charge in [-0.1, -0.05) is 57.5 Å². The average Bonchev–Trinajstić information content (AvgIpc) is 2.82. The van der Waals surface area contributed by atoms with Gasteiger partial charge in [-0.05, 0) is 19.0 Å². The number of aryl methyl sites for hydroxylation is 1. The minimum atomic E-state index is 0.104. The summed E-state index contributed by atoms with van der Waals surface area (Å²) in [5.74, 6) is 0. The highest BCUT2D eigenvalue weighted by Gasteiger charge is 2.22. The molecule has 1 aromatic carbocycles. The van der Waals surface area contributed by atoms with E-state index < -0.39 is 0 Å². The normalized spacial score (nSPS) is 11.9. The molecule has 2 aromatic rings. The van der Waals surface area contributed by atoms with E-state index in [-0.39, 0.29) is 5.41 Å². The summed E-state index contributed by atoms with van der Waals surface area (Å²) in [4.78, 5) is 6.31. The molecule has 0 bridgehead atoms. The van der Waals surface area contributed by atoms with E-state index in [0.717, 1.165) is 19.5 Å². The molecule has 0 unspecified atom stereocenters. The number of rotatable bonds is 5. The van der Waals surface area contributed by atoms with Gasteiger partial charge < -0.3 is 5.32 Å². The van der Waals surface area contributed by atoms with Crippen LogP contribution >= 0.6 is 11.3 Å². The standard InChI is InChI=1S/C18H26N2S/c1-6-19-12-15-17(18(3,4)5)20-16(21-15)11-14-9-7-13(2)8-10-14/h7-10,19H,6,11-12H2,1-5H3. The molecule has 1 N–H and O–H groups in total. The molecule has 3 heteroatoms. The summed E-state index contributed by atoms with van der Waals surface area (Å²) >= 11 is 1.85. The van der Waals surface area contributed by atoms with Crippen LogP contribution in [-0.2, 0) is 18.4 Å². The monoisotopic (exact) mass is 302 g/mol. The van der Waals surface area contributed by atoms with Crippen molar-refractivity contribution in [1.82, 2.24) is 10.3 Å². The molecule has 0 atom stereocenters. The lowest BCUT2D eigenvalue weighted by Gasteiger charge is -2.17. The molecule has 0 aliphatic rings. The van der Waals surface area contributed by atoms with Gasteiger partial charge in [0, 0.05) is 23.3 Å². The van der Waals surface area contributed by atoms with Gasteiger partial charge in [0.05, 0.1) is 10.7 Å². The van der Waals surface area contributed by atoms with Crippen LogP contribution in [0, 0.1) is 6.92 Å². The van der Waals surface area contributed by atoms with Crippen LogP contribution in [0.15, 0.2) is 24.3 Å². The van der Waals surface area contributed by atoms with Gasteiger partial charge in [0.2, 0.25) is 0 Å². The lowest BCUT2D eigenvalue weighted by atomic mass is 9.91. The summed E-state index contributed by atoms with van der Waals surface area (Å²) in [6, 6.07) is 8.76. The Labute approximate surface area is 132 Å². The molecule has 0 spiro atoms. The Balaban J connectivity index is 2.23. The summed E-state index contributed by atoms with van der Waals surface area (Å²) in [6.45, 7) is 12.9. The molecule has 2 nitrogen and oxygen atoms in total. The van der Waals surface area contributed by atoms with Gasteiger partial charge in [-0.25, -0.2) is 4.98 Å². The first kappa shape index (κ1) is 16.2. The van der Waals surface area contributed by atoms with Crippen molar-refractivity contribution in [2.45, 2.75) is 53.0 Å². The first-order chi connectivity index (χ1) is 9.90. The predicted molar refractivity (Wildman–Crippen MR) is 92.2 cm³/mol. The zero-order chi connectivity index (χ0) is 15.5. The fourth-order valence-electron chi connectivity index (χ4n) is 2.30. The fraction of sp³-hybridized carbons (Fsp3) is 0.500. The number of nitrogens with zero attached hydrogens (tertiary/aromatic N) is 1. The predicted octanol–water partition coefficient (Wildman–Crippen LogP) is 4.45. The molecule has 0 saturated carbocycles. The molecule has 1 heterocycles. The molecular formula is C18H26N2S. The van der Waals surface area contributed by atoms with Crippen molar-refractivity contribution >= 4 is 11.3 Å². The highest BCUT2D eigenvalue weighted by molar-refractivity contribution is 7.11. The molecule has 0 radical (unpaired) electrons. The highest BCUT2D eigenvalue weighted by Crippen LogP contribution is 2.30. The molecule has 0 saturated heterocycles. The zero-order valence-electron chi connectivity index (χ0n) is 13.8. The van der Waals surface area contributed by atoms with Crippen LogP contribution in [0.1, 0.15) is 54.4 Å². The average molecular weight is 302 g/mol. The summed E-state index contributed by atoms with van der Waals surface area (Å²) in [6.07, 6.45) is 0.931. The Morgan fingerprint density at radius 2 is 1.81 bits per heavy atom. The van der Waals surface area contributed by atoms with E-state index in [1.54, 1.807) is 0 Å². The van der Waals surface area contributed by atoms with Crippen molar-refractivity contribution in [3.8, 4) is 0 Å². The lowest BCUT2D eigenvalue weighted by molar-refractivity contribution is 0.559. The van der Waals surface area contributed by atoms with E-state index in [1.807, 2.05) is 11.3 Å². The Bertz CT molecular complexity index is 576. The van der Waals surface area contributed by atoms with E-state index >= 15 is 0 Å². The maximum atomic E-state index is 4.93. The van der Waals surface area contributed by atoms with Gasteiger partial charge in [-0.15, -0.1) is 11.3 Å². The third-order valence-electron chi connectivity index (χ3n) is 3.46. The topological polar surface area (TPSA) is 24.9 Å². The van der Waals surface area contributed by atoms with E-state index in [0.29, 0.717) is 0 Å². The highest BCUT2D eigenvalue weighted by atomic mass is 32.1. The van der Waals surface area contributed by atoms with Crippen molar-refractivity contribution < 1.29 is 0 Å². The van der Waals surface area contributed by atoms with Crippen molar-refractivity contribution in [3.63, 3.8) is 0 Å². The molecule has 0 amide bonds. The number of thiazole rings is 1. The Morgan fingerprint density at radius 1 is 1.14 bits per heavy atom. The number of hydrogen-bond donors (Lipinski definition) is 1. The quantitative estimate of drug-likeness (QED) is 0.882. The zero-order valence-corrected chi connectivity index (χ0v) is 14.6. The number of nitrogens with one attached hydrogen (secondary N) is 1. The Morgan fingerprint density at radius 3 is 2.38 bits per heavy atom. The van der Waals surface area contributed by atoms with Crippen LogP contribution in [0.2, 0.25) is 0 Å². The summed E-state index contributed by atoms with van der Waals surface area (Å²) in [5.41, 5.74) is 3.99. The van der Waals surface area contributed by atoms with E-state index in [1.165, 1.54) is 26.7 Å². The second-order valence-corrected chi connectivity index (χ2v) is 7.74. The van der Waals surface area contributed by atoms with Crippen molar-refractivity contribution in [2.24, 2.45) is 0 Å². The third kappa shape index (κ3) is 4.39. The molecule has 0 aliphatic carbocycles. The first-order valence-corrected chi connectivity index (χ1v) is 8.47. The maximum absolute atomic E-state index is 4.93. The van der Waals surface area contributed by atoms with Gasteiger partial charge in [-0.3, -0.25) is 0 Å². The second kappa shape index (κ2) is 6.71. The van der Waals surface area contributed by atoms with Crippen LogP contribution in [0.4, 0.5) is 0 Å². The van der Waals surface area contributed by atoms with E-state index in [4.69, 9.17) is 4.98 Å². The Kier molecular flexibility index (Phi) is 5.17. The van der Waals surface area contributed by atoms with Crippen molar-refractivity contribution in [1.29, 1.82) is 0 Å². The Hall–Kier alpha value is -1.19. The molecule has 2 rings (SSSR count). The third-order valence-corrected chi connectivity index (χ3v) is 4.52. The summed E-state index contributed by atoms with van der Waals surface area (Å²) in [5, 5.41) is 4.65. The second-order valence-electron chi connectivity index (χ2n) is 6.57. The van der Waals surface area contributed by atoms with Gasteiger partial charge in [-0.2, -0.15) is 0 Å². The van der Waals surface area contributed by atoms with E-state index in [2.05, 4.69) is 64.2 Å². The van der Waals surface area contributed by atoms with Gasteiger partial charge in [0.25, 0.3) is 0 Å². The molecule has 21 heavy (non-hydrogen) atoms. The number of hydrogen-bond acceptors (Lipinski definition) is 3.